The molecule has 1 amide bonds. The summed E-state index contributed by atoms with van der Waals surface area (Å²) in [5.74, 6) is 1.12. The Bertz CT molecular complexity index is 367. The molecule has 1 aliphatic rings. The zero-order chi connectivity index (χ0) is 10.7. The number of carbonyl (C=O) groups is 1. The van der Waals surface area contributed by atoms with E-state index in [1.54, 1.807) is 12.3 Å². The molecule has 3 N–H and O–H groups in total. The molecule has 80 valence electrons. The fraction of sp³-hybridized carbons (Fsp3) is 0.444. The van der Waals surface area contributed by atoms with Crippen LogP contribution in [0.5, 0.6) is 0 Å². The second-order valence-corrected chi connectivity index (χ2v) is 3.36. The fourth-order valence-corrected chi connectivity index (χ4v) is 1.54. The van der Waals surface area contributed by atoms with Crippen molar-refractivity contribution < 1.29 is 4.79 Å². The molecule has 0 spiro atoms. The van der Waals surface area contributed by atoms with Crippen molar-refractivity contribution in [2.24, 2.45) is 0 Å². The summed E-state index contributed by atoms with van der Waals surface area (Å²) in [5, 5.41) is 2.80. The van der Waals surface area contributed by atoms with Crippen LogP contribution in [0.25, 0.3) is 0 Å². The number of aromatic nitrogens is 2. The molecule has 6 heteroatoms. The smallest absolute Gasteiger partial charge is 0.221 e. The largest absolute Gasteiger partial charge is 0.368 e. The maximum Gasteiger partial charge on any atom is 0.221 e. The molecule has 0 saturated carbocycles. The van der Waals surface area contributed by atoms with Gasteiger partial charge in [-0.3, -0.25) is 4.79 Å². The predicted molar refractivity (Wildman–Crippen MR) is 56.3 cm³/mol. The fourth-order valence-electron chi connectivity index (χ4n) is 1.54. The van der Waals surface area contributed by atoms with Gasteiger partial charge in [0.15, 0.2) is 0 Å². The number of amides is 1. The van der Waals surface area contributed by atoms with E-state index in [4.69, 9.17) is 5.73 Å². The van der Waals surface area contributed by atoms with E-state index in [0.29, 0.717) is 19.5 Å². The van der Waals surface area contributed by atoms with Gasteiger partial charge in [-0.25, -0.2) is 4.98 Å². The summed E-state index contributed by atoms with van der Waals surface area (Å²) in [4.78, 5) is 21.1. The van der Waals surface area contributed by atoms with Crippen molar-refractivity contribution >= 4 is 17.7 Å². The van der Waals surface area contributed by atoms with E-state index >= 15 is 0 Å². The topological polar surface area (TPSA) is 84.1 Å². The van der Waals surface area contributed by atoms with E-state index in [0.717, 1.165) is 12.4 Å². The highest BCUT2D eigenvalue weighted by Gasteiger charge is 2.14. The summed E-state index contributed by atoms with van der Waals surface area (Å²) >= 11 is 0. The third kappa shape index (κ3) is 2.34. The minimum absolute atomic E-state index is 0.0829. The third-order valence-electron chi connectivity index (χ3n) is 2.30. The van der Waals surface area contributed by atoms with Gasteiger partial charge >= 0.3 is 0 Å². The van der Waals surface area contributed by atoms with Gasteiger partial charge in [-0.1, -0.05) is 0 Å². The first kappa shape index (κ1) is 9.70. The van der Waals surface area contributed by atoms with Gasteiger partial charge in [0.25, 0.3) is 0 Å². The normalized spacial score (nSPS) is 17.1. The lowest BCUT2D eigenvalue weighted by molar-refractivity contribution is -0.120. The SMILES string of the molecule is Nc1nccc(N2CCNC(=O)CC2)n1. The first-order valence-electron chi connectivity index (χ1n) is 4.86. The van der Waals surface area contributed by atoms with Crippen LogP contribution < -0.4 is 16.0 Å². The van der Waals surface area contributed by atoms with Gasteiger partial charge in [-0.2, -0.15) is 4.98 Å². The van der Waals surface area contributed by atoms with Gasteiger partial charge in [0, 0.05) is 32.3 Å². The van der Waals surface area contributed by atoms with Gasteiger partial charge in [-0.05, 0) is 6.07 Å². The van der Waals surface area contributed by atoms with Crippen LogP contribution in [-0.2, 0) is 4.79 Å². The number of nitrogens with two attached hydrogens (primary N) is 1. The van der Waals surface area contributed by atoms with Gasteiger partial charge in [-0.15, -0.1) is 0 Å². The Morgan fingerprint density at radius 2 is 2.33 bits per heavy atom. The molecule has 2 heterocycles. The first-order chi connectivity index (χ1) is 7.25. The zero-order valence-corrected chi connectivity index (χ0v) is 8.31. The predicted octanol–water partition coefficient (Wildman–Crippen LogP) is -0.615. The minimum atomic E-state index is 0.0829. The van der Waals surface area contributed by atoms with E-state index in [1.165, 1.54) is 0 Å². The molecule has 0 radical (unpaired) electrons. The minimum Gasteiger partial charge on any atom is -0.368 e. The Morgan fingerprint density at radius 1 is 1.47 bits per heavy atom. The van der Waals surface area contributed by atoms with Crippen molar-refractivity contribution in [1.29, 1.82) is 0 Å². The van der Waals surface area contributed by atoms with E-state index in [9.17, 15) is 4.79 Å². The zero-order valence-electron chi connectivity index (χ0n) is 8.31. The quantitative estimate of drug-likeness (QED) is 0.641. The average Bonchev–Trinajstić information content (AvgIpc) is 2.43. The molecule has 0 unspecified atom stereocenters. The Morgan fingerprint density at radius 3 is 3.13 bits per heavy atom. The van der Waals surface area contributed by atoms with Gasteiger partial charge in [0.05, 0.1) is 0 Å². The van der Waals surface area contributed by atoms with Gasteiger partial charge in [0.1, 0.15) is 5.82 Å². The van der Waals surface area contributed by atoms with Gasteiger partial charge in [0.2, 0.25) is 11.9 Å². The summed E-state index contributed by atoms with van der Waals surface area (Å²) in [6, 6.07) is 1.80. The number of rotatable bonds is 1. The monoisotopic (exact) mass is 207 g/mol. The highest BCUT2D eigenvalue weighted by atomic mass is 16.1. The lowest BCUT2D eigenvalue weighted by Gasteiger charge is -2.20. The molecule has 2 rings (SSSR count). The number of hydrogen-bond acceptors (Lipinski definition) is 5. The van der Waals surface area contributed by atoms with Crippen LogP contribution in [0.3, 0.4) is 0 Å². The number of carbonyl (C=O) groups excluding carboxylic acids is 1. The molecule has 1 aromatic rings. The molecular weight excluding hydrogens is 194 g/mol. The maximum absolute atomic E-state index is 11.1. The Kier molecular flexibility index (Phi) is 2.66. The lowest BCUT2D eigenvalue weighted by atomic mass is 10.4. The molecule has 0 aromatic carbocycles. The van der Waals surface area contributed by atoms with E-state index in [1.807, 2.05) is 4.90 Å². The number of nitrogen functional groups attached to an aromatic ring is 1. The van der Waals surface area contributed by atoms with E-state index in [2.05, 4.69) is 15.3 Å². The summed E-state index contributed by atoms with van der Waals surface area (Å²) < 4.78 is 0. The molecule has 15 heavy (non-hydrogen) atoms. The Balaban J connectivity index is 2.13. The van der Waals surface area contributed by atoms with Crippen molar-refractivity contribution in [3.05, 3.63) is 12.3 Å². The third-order valence-corrected chi connectivity index (χ3v) is 2.30. The second kappa shape index (κ2) is 4.12. The standard InChI is InChI=1S/C9H13N5O/c10-9-12-3-1-7(13-9)14-5-2-8(15)11-4-6-14/h1,3H,2,4-6H2,(H,11,15)(H2,10,12,13). The van der Waals surface area contributed by atoms with Crippen molar-refractivity contribution in [3.8, 4) is 0 Å². The molecule has 1 aromatic heterocycles. The molecule has 1 fully saturated rings. The summed E-state index contributed by atoms with van der Waals surface area (Å²) in [7, 11) is 0. The Labute approximate surface area is 87.5 Å². The van der Waals surface area contributed by atoms with E-state index < -0.39 is 0 Å². The first-order valence-corrected chi connectivity index (χ1v) is 4.86. The molecular formula is C9H13N5O. The summed E-state index contributed by atoms with van der Waals surface area (Å²) in [5.41, 5.74) is 5.50. The summed E-state index contributed by atoms with van der Waals surface area (Å²) in [6.07, 6.45) is 2.11. The van der Waals surface area contributed by atoms with Crippen LogP contribution in [0, 0.1) is 0 Å². The molecule has 0 atom stereocenters. The van der Waals surface area contributed by atoms with Crippen molar-refractivity contribution in [2.75, 3.05) is 30.3 Å². The van der Waals surface area contributed by atoms with Gasteiger partial charge < -0.3 is 16.0 Å². The summed E-state index contributed by atoms with van der Waals surface area (Å²) in [6.45, 7) is 2.06. The highest BCUT2D eigenvalue weighted by molar-refractivity contribution is 5.77. The van der Waals surface area contributed by atoms with Crippen molar-refractivity contribution in [2.45, 2.75) is 6.42 Å². The molecule has 1 aliphatic heterocycles. The van der Waals surface area contributed by atoms with Crippen LogP contribution >= 0.6 is 0 Å². The number of hydrogen-bond donors (Lipinski definition) is 2. The van der Waals surface area contributed by atoms with Crippen LogP contribution in [0.15, 0.2) is 12.3 Å². The van der Waals surface area contributed by atoms with Crippen LogP contribution in [-0.4, -0.2) is 35.5 Å². The van der Waals surface area contributed by atoms with E-state index in [-0.39, 0.29) is 11.9 Å². The van der Waals surface area contributed by atoms with Crippen LogP contribution in [0.1, 0.15) is 6.42 Å². The maximum atomic E-state index is 11.1. The highest BCUT2D eigenvalue weighted by Crippen LogP contribution is 2.11. The van der Waals surface area contributed by atoms with Crippen LogP contribution in [0.4, 0.5) is 11.8 Å². The Hall–Kier alpha value is -1.85. The second-order valence-electron chi connectivity index (χ2n) is 3.36. The van der Waals surface area contributed by atoms with Crippen LogP contribution in [0.2, 0.25) is 0 Å². The molecule has 0 bridgehead atoms. The molecule has 6 nitrogen and oxygen atoms in total. The lowest BCUT2D eigenvalue weighted by Crippen LogP contribution is -2.29. The molecule has 0 aliphatic carbocycles. The average molecular weight is 207 g/mol. The number of nitrogens with one attached hydrogen (secondary N) is 1. The number of nitrogens with zero attached hydrogens (tertiary/aromatic N) is 3. The van der Waals surface area contributed by atoms with Crippen molar-refractivity contribution in [1.82, 2.24) is 15.3 Å². The van der Waals surface area contributed by atoms with Crippen molar-refractivity contribution in [3.63, 3.8) is 0 Å². The molecule has 1 saturated heterocycles. The number of anilines is 2.